The van der Waals surface area contributed by atoms with Crippen LogP contribution in [0.15, 0.2) is 72.8 Å². The summed E-state index contributed by atoms with van der Waals surface area (Å²) in [5.74, 6) is -7.79. The van der Waals surface area contributed by atoms with E-state index in [1.54, 1.807) is 0 Å². The van der Waals surface area contributed by atoms with Gasteiger partial charge in [0.1, 0.15) is 36.2 Å². The molecule has 18 nitrogen and oxygen atoms in total. The molecular formula is C52H40N2Na4O16. The van der Waals surface area contributed by atoms with Gasteiger partial charge < -0.3 is 68.8 Å². The van der Waals surface area contributed by atoms with Gasteiger partial charge in [0.25, 0.3) is 0 Å². The molecule has 0 fully saturated rings. The van der Waals surface area contributed by atoms with Gasteiger partial charge in [-0.05, 0) is 91.0 Å². The van der Waals surface area contributed by atoms with Gasteiger partial charge in [0.05, 0.1) is 48.1 Å². The average molecular weight is 1040 g/mol. The average Bonchev–Trinajstić information content (AvgIpc) is 3.29. The minimum Gasteiger partial charge on any atom is -0.550 e. The zero-order valence-electron chi connectivity index (χ0n) is 41.5. The van der Waals surface area contributed by atoms with E-state index in [0.717, 1.165) is 0 Å². The largest absolute Gasteiger partial charge is 1.00 e. The van der Waals surface area contributed by atoms with Crippen molar-refractivity contribution in [3.05, 3.63) is 162 Å². The maximum atomic E-state index is 13.2. The molecule has 2 N–H and O–H groups in total. The van der Waals surface area contributed by atoms with Gasteiger partial charge in [-0.2, -0.15) is 0 Å². The number of carbonyl (C=O) groups is 6. The summed E-state index contributed by atoms with van der Waals surface area (Å²) >= 11 is 0. The number of aromatic hydroxyl groups is 2. The number of pyridine rings is 2. The zero-order chi connectivity index (χ0) is 50.0. The van der Waals surface area contributed by atoms with Crippen LogP contribution in [0, 0.1) is 0 Å². The molecule has 0 radical (unpaired) electrons. The number of hydrogen-bond donors (Lipinski definition) is 2. The summed E-state index contributed by atoms with van der Waals surface area (Å²) < 4.78 is 23.4. The van der Waals surface area contributed by atoms with Crippen LogP contribution in [0.5, 0.6) is 23.0 Å². The van der Waals surface area contributed by atoms with Crippen LogP contribution in [0.25, 0.3) is 11.4 Å². The summed E-state index contributed by atoms with van der Waals surface area (Å²) in [6.45, 7) is -0.806. The quantitative estimate of drug-likeness (QED) is 0.0950. The van der Waals surface area contributed by atoms with Crippen molar-refractivity contribution in [2.24, 2.45) is 0 Å². The molecule has 358 valence electrons. The van der Waals surface area contributed by atoms with Crippen molar-refractivity contribution in [3.8, 4) is 34.4 Å². The third-order valence-corrected chi connectivity index (χ3v) is 11.8. The molecule has 3 aliphatic rings. The van der Waals surface area contributed by atoms with E-state index < -0.39 is 74.7 Å². The van der Waals surface area contributed by atoms with Crippen LogP contribution in [0.1, 0.15) is 98.9 Å². The minimum absolute atomic E-state index is 0. The van der Waals surface area contributed by atoms with Crippen LogP contribution in [0.2, 0.25) is 0 Å². The van der Waals surface area contributed by atoms with Crippen molar-refractivity contribution in [1.29, 1.82) is 0 Å². The number of carbonyl (C=O) groups excluding carboxylic acids is 6. The predicted molar refractivity (Wildman–Crippen MR) is 234 cm³/mol. The first-order valence-corrected chi connectivity index (χ1v) is 21.6. The van der Waals surface area contributed by atoms with E-state index in [1.807, 2.05) is 0 Å². The van der Waals surface area contributed by atoms with Crippen molar-refractivity contribution < 1.29 is 197 Å². The normalized spacial score (nSPS) is 12.0. The third kappa shape index (κ3) is 14.8. The summed E-state index contributed by atoms with van der Waals surface area (Å²) in [4.78, 5) is 84.6. The Balaban J connectivity index is 0.00000296. The standard InChI is InChI=1S/C52H44N2O16.4Na/c1-67-51(65)37-19-39-23-69-49-33-7-27(13-45(59)60)8-34(49)16-30-4-26(12-44(57)58)6-32(48(30)64)18-36-10-28(14-46(61)62)9-35(17-31-5-25(11-43(55)56)3-29(15-33)47(31)63)50(36)70-24-40-20-38(52(66)68-2)22-42(54-40)41(21-37)53-39;;;;/h3-10,19-22,63-64H,11-18,23-24H2,1-2H3,(H,55,56)(H,57,58)(H,59,60)(H,61,62);;;;/q;4*+1/p-4. The number of carboxylic acid groups (broad SMARTS) is 4. The molecule has 74 heavy (non-hydrogen) atoms. The molecule has 0 saturated heterocycles. The summed E-state index contributed by atoms with van der Waals surface area (Å²) in [5, 5.41) is 73.1. The number of phenols is 2. The molecule has 1 aliphatic carbocycles. The number of benzene rings is 4. The second-order valence-corrected chi connectivity index (χ2v) is 16.9. The predicted octanol–water partition coefficient (Wildman–Crippen LogP) is -11.5. The first-order valence-electron chi connectivity index (χ1n) is 21.6. The third-order valence-electron chi connectivity index (χ3n) is 11.8. The van der Waals surface area contributed by atoms with Gasteiger partial charge in [0, 0.05) is 75.2 Å². The van der Waals surface area contributed by atoms with E-state index in [9.17, 15) is 59.4 Å². The molecule has 4 heterocycles. The van der Waals surface area contributed by atoms with Crippen LogP contribution in [-0.4, -0.2) is 70.2 Å². The maximum Gasteiger partial charge on any atom is 1.00 e. The van der Waals surface area contributed by atoms with E-state index >= 15 is 0 Å². The fraction of sp³-hybridized carbons (Fsp3) is 0.231. The Labute approximate surface area is 512 Å². The Morgan fingerprint density at radius 3 is 0.946 bits per heavy atom. The molecule has 2 aliphatic heterocycles. The Morgan fingerprint density at radius 2 is 0.703 bits per heavy atom. The smallest absolute Gasteiger partial charge is 0.550 e. The van der Waals surface area contributed by atoms with E-state index in [-0.39, 0.29) is 268 Å². The zero-order valence-corrected chi connectivity index (χ0v) is 49.5. The van der Waals surface area contributed by atoms with Crippen LogP contribution in [0.3, 0.4) is 0 Å². The number of aliphatic carboxylic acids is 4. The molecule has 22 heteroatoms. The second kappa shape index (κ2) is 26.8. The SMILES string of the molecule is COC(=O)c1cc2nc(c1)-c1cc(C(=O)OC)cc(n1)COc1c3cc(CC(=O)[O-])cc1Cc1cc(CC(=O)[O-])cc(c1O)Cc1cc(CC(=O)[O-])cc(c1OC2)Cc1cc(CC(=O)[O-])cc(c1O)C3.[Na+].[Na+].[Na+].[Na+]. The van der Waals surface area contributed by atoms with Gasteiger partial charge in [-0.15, -0.1) is 0 Å². The monoisotopic (exact) mass is 1040 g/mol. The summed E-state index contributed by atoms with van der Waals surface area (Å²) in [5.41, 5.74) is 2.84. The number of fused-ring (bicyclic) bond motifs is 2. The van der Waals surface area contributed by atoms with Gasteiger partial charge >= 0.3 is 130 Å². The number of methoxy groups -OCH3 is 2. The van der Waals surface area contributed by atoms with Crippen molar-refractivity contribution in [2.75, 3.05) is 14.2 Å². The van der Waals surface area contributed by atoms with Crippen LogP contribution < -0.4 is 148 Å². The fourth-order valence-electron chi connectivity index (χ4n) is 9.00. The molecule has 0 saturated carbocycles. The number of rotatable bonds is 10. The van der Waals surface area contributed by atoms with Crippen LogP contribution in [0.4, 0.5) is 0 Å². The maximum absolute atomic E-state index is 13.2. The minimum atomic E-state index is -1.45. The summed E-state index contributed by atoms with van der Waals surface area (Å²) in [6.07, 6.45) is -3.38. The Hall–Kier alpha value is -4.80. The van der Waals surface area contributed by atoms with E-state index in [1.165, 1.54) is 87.0 Å². The van der Waals surface area contributed by atoms with E-state index in [0.29, 0.717) is 0 Å². The molecule has 4 aromatic carbocycles. The number of aromatic nitrogens is 2. The molecular weight excluding hydrogens is 1000 g/mol. The summed E-state index contributed by atoms with van der Waals surface area (Å²) in [6, 6.07) is 17.3. The number of esters is 2. The van der Waals surface area contributed by atoms with Crippen molar-refractivity contribution in [3.63, 3.8) is 0 Å². The van der Waals surface area contributed by atoms with Crippen molar-refractivity contribution >= 4 is 35.8 Å². The number of carboxylic acids is 4. The van der Waals surface area contributed by atoms with Crippen molar-refractivity contribution in [1.82, 2.24) is 9.97 Å². The number of nitrogens with zero attached hydrogens (tertiary/aromatic N) is 2. The van der Waals surface area contributed by atoms with E-state index in [2.05, 4.69) is 0 Å². The molecule has 0 amide bonds. The number of hydrogen-bond acceptors (Lipinski definition) is 18. The van der Waals surface area contributed by atoms with Gasteiger partial charge in [-0.3, -0.25) is 0 Å². The first-order chi connectivity index (χ1) is 33.4. The first kappa shape index (κ1) is 61.7. The van der Waals surface area contributed by atoms with E-state index in [4.69, 9.17) is 28.9 Å². The number of phenolic OH excluding ortho intramolecular Hbond substituents is 2. The van der Waals surface area contributed by atoms with Crippen LogP contribution >= 0.6 is 0 Å². The van der Waals surface area contributed by atoms with Gasteiger partial charge in [-0.1, -0.05) is 48.5 Å². The molecule has 9 rings (SSSR count). The Kier molecular flexibility index (Phi) is 22.4. The van der Waals surface area contributed by atoms with Gasteiger partial charge in [0.2, 0.25) is 0 Å². The molecule has 2 aromatic heterocycles. The topological polar surface area (TPSA) is 298 Å². The second-order valence-electron chi connectivity index (χ2n) is 16.9. The molecule has 0 unspecified atom stereocenters. The number of ether oxygens (including phenoxy) is 4. The Morgan fingerprint density at radius 1 is 0.446 bits per heavy atom. The van der Waals surface area contributed by atoms with Crippen molar-refractivity contribution in [2.45, 2.75) is 64.6 Å². The molecule has 0 spiro atoms. The molecule has 0 atom stereocenters. The summed E-state index contributed by atoms with van der Waals surface area (Å²) in [7, 11) is 2.35. The fourth-order valence-corrected chi connectivity index (χ4v) is 9.00. The molecule has 6 aromatic rings. The van der Waals surface area contributed by atoms with Gasteiger partial charge in [-0.25, -0.2) is 19.6 Å². The molecule has 14 bridgehead atoms. The Bertz CT molecular complexity index is 2890. The van der Waals surface area contributed by atoms with Crippen LogP contribution in [-0.2, 0) is 93.2 Å². The van der Waals surface area contributed by atoms with Gasteiger partial charge in [0.15, 0.2) is 0 Å².